The fourth-order valence-corrected chi connectivity index (χ4v) is 3.78. The van der Waals surface area contributed by atoms with Crippen LogP contribution in [0.5, 0.6) is 0 Å². The molecular formula is C18H23ClN6. The Morgan fingerprint density at radius 3 is 2.96 bits per heavy atom. The first kappa shape index (κ1) is 16.4. The summed E-state index contributed by atoms with van der Waals surface area (Å²) in [6.07, 6.45) is 2.57. The predicted octanol–water partition coefficient (Wildman–Crippen LogP) is 2.68. The molecule has 2 aliphatic heterocycles. The number of aromatic nitrogens is 2. The lowest BCUT2D eigenvalue weighted by Crippen LogP contribution is -2.48. The number of fused-ring (bicyclic) bond motifs is 1. The molecule has 1 saturated heterocycles. The molecule has 0 saturated carbocycles. The van der Waals surface area contributed by atoms with Crippen molar-refractivity contribution in [3.05, 3.63) is 41.2 Å². The summed E-state index contributed by atoms with van der Waals surface area (Å²) >= 11 is 5.94. The van der Waals surface area contributed by atoms with Gasteiger partial charge in [0.05, 0.1) is 5.54 Å². The van der Waals surface area contributed by atoms with E-state index in [1.807, 2.05) is 24.3 Å². The van der Waals surface area contributed by atoms with E-state index < -0.39 is 0 Å². The third kappa shape index (κ3) is 3.24. The van der Waals surface area contributed by atoms with Crippen LogP contribution >= 0.6 is 11.6 Å². The first-order valence-corrected chi connectivity index (χ1v) is 9.04. The van der Waals surface area contributed by atoms with Gasteiger partial charge in [-0.1, -0.05) is 18.5 Å². The Bertz CT molecular complexity index is 765. The van der Waals surface area contributed by atoms with Crippen LogP contribution in [0.2, 0.25) is 5.02 Å². The van der Waals surface area contributed by atoms with E-state index in [1.54, 1.807) is 6.33 Å². The van der Waals surface area contributed by atoms with Gasteiger partial charge in [0, 0.05) is 48.4 Å². The molecule has 0 bridgehead atoms. The van der Waals surface area contributed by atoms with E-state index in [0.29, 0.717) is 12.5 Å². The molecule has 25 heavy (non-hydrogen) atoms. The molecule has 2 aromatic rings. The molecule has 1 aromatic heterocycles. The van der Waals surface area contributed by atoms with Gasteiger partial charge in [-0.15, -0.1) is 0 Å². The first-order chi connectivity index (χ1) is 12.0. The molecule has 1 fully saturated rings. The van der Waals surface area contributed by atoms with Crippen LogP contribution in [0.15, 0.2) is 30.6 Å². The minimum absolute atomic E-state index is 0.285. The van der Waals surface area contributed by atoms with Gasteiger partial charge in [-0.05, 0) is 30.7 Å². The molecular weight excluding hydrogens is 336 g/mol. The van der Waals surface area contributed by atoms with Crippen LogP contribution in [0, 0.1) is 0 Å². The summed E-state index contributed by atoms with van der Waals surface area (Å²) in [6.45, 7) is 5.53. The zero-order valence-corrected chi connectivity index (χ0v) is 15.1. The van der Waals surface area contributed by atoms with Crippen molar-refractivity contribution in [1.82, 2.24) is 9.97 Å². The van der Waals surface area contributed by atoms with Gasteiger partial charge in [-0.25, -0.2) is 9.97 Å². The van der Waals surface area contributed by atoms with Gasteiger partial charge in [0.2, 0.25) is 0 Å². The van der Waals surface area contributed by atoms with E-state index in [-0.39, 0.29) is 5.54 Å². The van der Waals surface area contributed by atoms with Crippen molar-refractivity contribution in [2.45, 2.75) is 24.8 Å². The molecule has 2 atom stereocenters. The monoisotopic (exact) mass is 358 g/mol. The van der Waals surface area contributed by atoms with Crippen LogP contribution in [-0.4, -0.2) is 41.7 Å². The lowest BCUT2D eigenvalue weighted by Gasteiger charge is -2.27. The van der Waals surface area contributed by atoms with Crippen LogP contribution in [0.25, 0.3) is 0 Å². The quantitative estimate of drug-likeness (QED) is 0.779. The topological polar surface area (TPSA) is 79.1 Å². The van der Waals surface area contributed by atoms with Crippen molar-refractivity contribution in [1.29, 1.82) is 0 Å². The van der Waals surface area contributed by atoms with Gasteiger partial charge in [-0.2, -0.15) is 0 Å². The number of hydrogen-bond acceptors (Lipinski definition) is 6. The van der Waals surface area contributed by atoms with E-state index in [0.717, 1.165) is 48.4 Å². The molecule has 0 spiro atoms. The SMILES string of the molecule is CC1CNc2ncnc(N3CCC(N)(CNc4ccc(Cl)cc4)C3)c21. The molecule has 132 valence electrons. The minimum Gasteiger partial charge on any atom is -0.383 e. The van der Waals surface area contributed by atoms with Crippen molar-refractivity contribution in [2.24, 2.45) is 5.73 Å². The Balaban J connectivity index is 1.46. The summed E-state index contributed by atoms with van der Waals surface area (Å²) in [5.41, 5.74) is 8.63. The predicted molar refractivity (Wildman–Crippen MR) is 103 cm³/mol. The number of nitrogens with zero attached hydrogens (tertiary/aromatic N) is 3. The van der Waals surface area contributed by atoms with E-state index in [9.17, 15) is 0 Å². The molecule has 2 aliphatic rings. The van der Waals surface area contributed by atoms with Crippen LogP contribution in [0.3, 0.4) is 0 Å². The highest BCUT2D eigenvalue weighted by molar-refractivity contribution is 6.30. The molecule has 0 amide bonds. The van der Waals surface area contributed by atoms with Crippen molar-refractivity contribution in [3.8, 4) is 0 Å². The molecule has 4 rings (SSSR count). The van der Waals surface area contributed by atoms with E-state index in [4.69, 9.17) is 17.3 Å². The van der Waals surface area contributed by atoms with E-state index in [2.05, 4.69) is 32.4 Å². The minimum atomic E-state index is -0.285. The first-order valence-electron chi connectivity index (χ1n) is 8.66. The van der Waals surface area contributed by atoms with Crippen molar-refractivity contribution < 1.29 is 0 Å². The average molecular weight is 359 g/mol. The number of nitrogens with one attached hydrogen (secondary N) is 2. The van der Waals surface area contributed by atoms with E-state index in [1.165, 1.54) is 5.56 Å². The third-order valence-corrected chi connectivity index (χ3v) is 5.36. The summed E-state index contributed by atoms with van der Waals surface area (Å²) in [5, 5.41) is 7.52. The van der Waals surface area contributed by atoms with Gasteiger partial charge in [0.1, 0.15) is 18.0 Å². The largest absolute Gasteiger partial charge is 0.383 e. The average Bonchev–Trinajstić information content (AvgIpc) is 3.19. The number of hydrogen-bond donors (Lipinski definition) is 3. The summed E-state index contributed by atoms with van der Waals surface area (Å²) in [4.78, 5) is 11.2. The standard InChI is InChI=1S/C18H23ClN6/c1-12-8-21-16-15(12)17(24-11-23-16)25-7-6-18(20,10-25)9-22-14-4-2-13(19)3-5-14/h2-5,11-12,22H,6-10,20H2,1H3,(H,21,23,24). The van der Waals surface area contributed by atoms with Crippen molar-refractivity contribution >= 4 is 28.9 Å². The maximum Gasteiger partial charge on any atom is 0.137 e. The Hall–Kier alpha value is -2.05. The summed E-state index contributed by atoms with van der Waals surface area (Å²) in [7, 11) is 0. The van der Waals surface area contributed by atoms with Crippen molar-refractivity contribution in [2.75, 3.05) is 41.7 Å². The third-order valence-electron chi connectivity index (χ3n) is 5.11. The van der Waals surface area contributed by atoms with Crippen LogP contribution in [-0.2, 0) is 0 Å². The lowest BCUT2D eigenvalue weighted by atomic mass is 10.00. The Morgan fingerprint density at radius 2 is 2.16 bits per heavy atom. The smallest absolute Gasteiger partial charge is 0.137 e. The van der Waals surface area contributed by atoms with Crippen molar-refractivity contribution in [3.63, 3.8) is 0 Å². The molecule has 6 nitrogen and oxygen atoms in total. The fourth-order valence-electron chi connectivity index (χ4n) is 3.65. The zero-order chi connectivity index (χ0) is 17.4. The maximum atomic E-state index is 6.66. The molecule has 4 N–H and O–H groups in total. The molecule has 0 aliphatic carbocycles. The van der Waals surface area contributed by atoms with E-state index >= 15 is 0 Å². The normalized spacial score (nSPS) is 24.9. The Kier molecular flexibility index (Phi) is 4.17. The highest BCUT2D eigenvalue weighted by Crippen LogP contribution is 2.37. The highest BCUT2D eigenvalue weighted by atomic mass is 35.5. The van der Waals surface area contributed by atoms with Crippen LogP contribution in [0.4, 0.5) is 17.3 Å². The van der Waals surface area contributed by atoms with Gasteiger partial charge in [-0.3, -0.25) is 0 Å². The molecule has 7 heteroatoms. The van der Waals surface area contributed by atoms with Gasteiger partial charge in [0.25, 0.3) is 0 Å². The number of rotatable bonds is 4. The fraction of sp³-hybridized carbons (Fsp3) is 0.444. The van der Waals surface area contributed by atoms with Gasteiger partial charge >= 0.3 is 0 Å². The maximum absolute atomic E-state index is 6.66. The Morgan fingerprint density at radius 1 is 1.36 bits per heavy atom. The summed E-state index contributed by atoms with van der Waals surface area (Å²) in [6, 6.07) is 7.71. The van der Waals surface area contributed by atoms with Crippen LogP contribution < -0.4 is 21.3 Å². The second kappa shape index (κ2) is 6.35. The number of nitrogens with two attached hydrogens (primary N) is 1. The lowest BCUT2D eigenvalue weighted by molar-refractivity contribution is 0.499. The van der Waals surface area contributed by atoms with Gasteiger partial charge < -0.3 is 21.3 Å². The summed E-state index contributed by atoms with van der Waals surface area (Å²) < 4.78 is 0. The number of halogens is 1. The summed E-state index contributed by atoms with van der Waals surface area (Å²) in [5.74, 6) is 2.42. The molecule has 3 heterocycles. The second-order valence-electron chi connectivity index (χ2n) is 7.14. The molecule has 1 aromatic carbocycles. The number of anilines is 3. The Labute approximate surface area is 152 Å². The second-order valence-corrected chi connectivity index (χ2v) is 7.57. The zero-order valence-electron chi connectivity index (χ0n) is 14.3. The van der Waals surface area contributed by atoms with Crippen LogP contribution in [0.1, 0.15) is 24.8 Å². The highest BCUT2D eigenvalue weighted by Gasteiger charge is 2.37. The number of benzene rings is 1. The van der Waals surface area contributed by atoms with Gasteiger partial charge in [0.15, 0.2) is 0 Å². The molecule has 0 radical (unpaired) electrons. The molecule has 2 unspecified atom stereocenters.